The molecule has 0 spiro atoms. The Balaban J connectivity index is 2.16. The molecule has 1 heterocycles. The van der Waals surface area contributed by atoms with Crippen molar-refractivity contribution in [2.75, 3.05) is 18.4 Å². The van der Waals surface area contributed by atoms with Crippen molar-refractivity contribution in [3.8, 4) is 0 Å². The van der Waals surface area contributed by atoms with Crippen LogP contribution in [0.15, 0.2) is 18.2 Å². The summed E-state index contributed by atoms with van der Waals surface area (Å²) in [5, 5.41) is 6.08. The molecule has 1 aromatic carbocycles. The molecule has 1 aromatic rings. The molecule has 0 atom stereocenters. The summed E-state index contributed by atoms with van der Waals surface area (Å²) in [4.78, 5) is 22.7. The lowest BCUT2D eigenvalue weighted by Crippen LogP contribution is -2.48. The number of carbonyl (C=O) groups is 2. The van der Waals surface area contributed by atoms with Gasteiger partial charge in [-0.1, -0.05) is 11.6 Å². The zero-order chi connectivity index (χ0) is 12.4. The lowest BCUT2D eigenvalue weighted by atomic mass is 10.0. The van der Waals surface area contributed by atoms with Gasteiger partial charge in [-0.15, -0.1) is 0 Å². The maximum absolute atomic E-state index is 11.7. The van der Waals surface area contributed by atoms with Crippen LogP contribution in [0.4, 0.5) is 5.69 Å². The smallest absolute Gasteiger partial charge is 0.248 e. The summed E-state index contributed by atoms with van der Waals surface area (Å²) >= 11 is 5.93. The van der Waals surface area contributed by atoms with Crippen LogP contribution in [-0.4, -0.2) is 24.9 Å². The fourth-order valence-electron chi connectivity index (χ4n) is 1.48. The molecule has 17 heavy (non-hydrogen) atoms. The Kier molecular flexibility index (Phi) is 3.31. The number of carbonyl (C=O) groups excluding carboxylic acids is 2. The predicted octanol–water partition coefficient (Wildman–Crippen LogP) is 0.597. The van der Waals surface area contributed by atoms with Crippen LogP contribution in [0.5, 0.6) is 0 Å². The van der Waals surface area contributed by atoms with Crippen LogP contribution in [0.25, 0.3) is 0 Å². The topological polar surface area (TPSA) is 84.2 Å². The van der Waals surface area contributed by atoms with Gasteiger partial charge >= 0.3 is 0 Å². The Morgan fingerprint density at radius 3 is 2.65 bits per heavy atom. The van der Waals surface area contributed by atoms with Gasteiger partial charge in [-0.05, 0) is 18.2 Å². The van der Waals surface area contributed by atoms with E-state index in [0.29, 0.717) is 29.4 Å². The van der Waals surface area contributed by atoms with Crippen LogP contribution in [0.2, 0.25) is 5.02 Å². The number of hydrogen-bond acceptors (Lipinski definition) is 3. The van der Waals surface area contributed by atoms with E-state index in [9.17, 15) is 9.59 Å². The van der Waals surface area contributed by atoms with Gasteiger partial charge in [-0.25, -0.2) is 0 Å². The molecule has 1 fully saturated rings. The van der Waals surface area contributed by atoms with Crippen molar-refractivity contribution in [2.45, 2.75) is 0 Å². The van der Waals surface area contributed by atoms with Crippen molar-refractivity contribution < 1.29 is 9.59 Å². The number of hydrogen-bond donors (Lipinski definition) is 3. The summed E-state index contributed by atoms with van der Waals surface area (Å²) in [5.41, 5.74) is 5.89. The molecule has 4 N–H and O–H groups in total. The molecule has 1 aliphatic heterocycles. The van der Waals surface area contributed by atoms with Gasteiger partial charge in [0.2, 0.25) is 11.8 Å². The van der Waals surface area contributed by atoms with Gasteiger partial charge < -0.3 is 16.4 Å². The van der Waals surface area contributed by atoms with E-state index in [0.717, 1.165) is 0 Å². The number of rotatable bonds is 3. The summed E-state index contributed by atoms with van der Waals surface area (Å²) in [6.07, 6.45) is 0. The van der Waals surface area contributed by atoms with Gasteiger partial charge in [0.15, 0.2) is 0 Å². The molecule has 2 amide bonds. The van der Waals surface area contributed by atoms with Gasteiger partial charge in [0.25, 0.3) is 0 Å². The third-order valence-corrected chi connectivity index (χ3v) is 2.99. The lowest BCUT2D eigenvalue weighted by molar-refractivity contribution is -0.121. The molecular formula is C11H12ClN3O2. The molecule has 90 valence electrons. The van der Waals surface area contributed by atoms with Crippen LogP contribution < -0.4 is 16.4 Å². The Hall–Kier alpha value is -1.59. The van der Waals surface area contributed by atoms with Crippen molar-refractivity contribution in [3.63, 3.8) is 0 Å². The van der Waals surface area contributed by atoms with Crippen molar-refractivity contribution in [3.05, 3.63) is 28.8 Å². The van der Waals surface area contributed by atoms with E-state index in [1.807, 2.05) is 0 Å². The highest BCUT2D eigenvalue weighted by molar-refractivity contribution is 6.33. The zero-order valence-electron chi connectivity index (χ0n) is 9.00. The molecule has 6 heteroatoms. The van der Waals surface area contributed by atoms with Gasteiger partial charge in [0.05, 0.1) is 16.6 Å². The second kappa shape index (κ2) is 4.73. The quantitative estimate of drug-likeness (QED) is 0.737. The highest BCUT2D eigenvalue weighted by Gasteiger charge is 2.25. The number of halogens is 1. The van der Waals surface area contributed by atoms with Gasteiger partial charge in [-0.3, -0.25) is 9.59 Å². The van der Waals surface area contributed by atoms with E-state index in [1.165, 1.54) is 18.2 Å². The minimum atomic E-state index is -0.553. The monoisotopic (exact) mass is 253 g/mol. The maximum atomic E-state index is 11.7. The first kappa shape index (κ1) is 11.9. The largest absolute Gasteiger partial charge is 0.366 e. The molecule has 0 radical (unpaired) electrons. The van der Waals surface area contributed by atoms with Crippen LogP contribution in [-0.2, 0) is 4.79 Å². The second-order valence-electron chi connectivity index (χ2n) is 3.90. The number of amides is 2. The lowest BCUT2D eigenvalue weighted by Gasteiger charge is -2.26. The zero-order valence-corrected chi connectivity index (χ0v) is 9.75. The van der Waals surface area contributed by atoms with E-state index in [1.54, 1.807) is 0 Å². The SMILES string of the molecule is NC(=O)c1ccc(Cl)c(NC(=O)C2CNC2)c1. The Labute approximate surface area is 103 Å². The molecular weight excluding hydrogens is 242 g/mol. The van der Waals surface area contributed by atoms with E-state index in [4.69, 9.17) is 17.3 Å². The fourth-order valence-corrected chi connectivity index (χ4v) is 1.65. The molecule has 0 bridgehead atoms. The van der Waals surface area contributed by atoms with Crippen LogP contribution in [0.1, 0.15) is 10.4 Å². The van der Waals surface area contributed by atoms with E-state index in [-0.39, 0.29) is 11.8 Å². The fraction of sp³-hybridized carbons (Fsp3) is 0.273. The molecule has 5 nitrogen and oxygen atoms in total. The summed E-state index contributed by atoms with van der Waals surface area (Å²) in [7, 11) is 0. The Morgan fingerprint density at radius 1 is 1.41 bits per heavy atom. The Morgan fingerprint density at radius 2 is 2.12 bits per heavy atom. The van der Waals surface area contributed by atoms with Crippen LogP contribution in [0.3, 0.4) is 0 Å². The highest BCUT2D eigenvalue weighted by atomic mass is 35.5. The van der Waals surface area contributed by atoms with Crippen molar-refractivity contribution in [1.29, 1.82) is 0 Å². The van der Waals surface area contributed by atoms with Gasteiger partial charge in [0, 0.05) is 18.7 Å². The molecule has 0 aromatic heterocycles. The number of primary amides is 1. The normalized spacial score (nSPS) is 15.1. The molecule has 0 aliphatic carbocycles. The average molecular weight is 254 g/mol. The predicted molar refractivity (Wildman–Crippen MR) is 65.0 cm³/mol. The van der Waals surface area contributed by atoms with Crippen molar-refractivity contribution >= 4 is 29.1 Å². The van der Waals surface area contributed by atoms with Gasteiger partial charge in [-0.2, -0.15) is 0 Å². The number of nitrogens with one attached hydrogen (secondary N) is 2. The van der Waals surface area contributed by atoms with E-state index in [2.05, 4.69) is 10.6 Å². The average Bonchev–Trinajstić information content (AvgIpc) is 2.18. The maximum Gasteiger partial charge on any atom is 0.248 e. The molecule has 1 aliphatic rings. The number of anilines is 1. The highest BCUT2D eigenvalue weighted by Crippen LogP contribution is 2.23. The first-order valence-corrected chi connectivity index (χ1v) is 5.56. The molecule has 0 unspecified atom stereocenters. The minimum Gasteiger partial charge on any atom is -0.366 e. The summed E-state index contributed by atoms with van der Waals surface area (Å²) in [5.74, 6) is -0.696. The van der Waals surface area contributed by atoms with Crippen LogP contribution >= 0.6 is 11.6 Å². The van der Waals surface area contributed by atoms with E-state index < -0.39 is 5.91 Å². The standard InChI is InChI=1S/C11H12ClN3O2/c12-8-2-1-6(10(13)16)3-9(8)15-11(17)7-4-14-5-7/h1-3,7,14H,4-5H2,(H2,13,16)(H,15,17). The molecule has 1 saturated heterocycles. The minimum absolute atomic E-state index is 0.0386. The van der Waals surface area contributed by atoms with Crippen molar-refractivity contribution in [1.82, 2.24) is 5.32 Å². The first-order chi connectivity index (χ1) is 8.08. The van der Waals surface area contributed by atoms with Gasteiger partial charge in [0.1, 0.15) is 0 Å². The summed E-state index contributed by atoms with van der Waals surface area (Å²) < 4.78 is 0. The Bertz CT molecular complexity index is 472. The molecule has 2 rings (SSSR count). The number of nitrogens with two attached hydrogens (primary N) is 1. The summed E-state index contributed by atoms with van der Waals surface area (Å²) in [6, 6.07) is 4.54. The summed E-state index contributed by atoms with van der Waals surface area (Å²) in [6.45, 7) is 1.33. The van der Waals surface area contributed by atoms with Crippen molar-refractivity contribution in [2.24, 2.45) is 11.7 Å². The third kappa shape index (κ3) is 2.57. The third-order valence-electron chi connectivity index (χ3n) is 2.66. The van der Waals surface area contributed by atoms with Crippen LogP contribution in [0, 0.1) is 5.92 Å². The first-order valence-electron chi connectivity index (χ1n) is 5.19. The number of benzene rings is 1. The van der Waals surface area contributed by atoms with E-state index >= 15 is 0 Å². The molecule has 0 saturated carbocycles. The second-order valence-corrected chi connectivity index (χ2v) is 4.31.